The van der Waals surface area contributed by atoms with Crippen LogP contribution in [0.15, 0.2) is 47.5 Å². The van der Waals surface area contributed by atoms with Crippen molar-refractivity contribution in [2.45, 2.75) is 24.0 Å². The van der Waals surface area contributed by atoms with Gasteiger partial charge >= 0.3 is 6.18 Å². The van der Waals surface area contributed by atoms with Gasteiger partial charge in [-0.15, -0.1) is 0 Å². The average Bonchev–Trinajstić information content (AvgIpc) is 2.72. The smallest absolute Gasteiger partial charge is 0.354 e. The van der Waals surface area contributed by atoms with Crippen molar-refractivity contribution in [3.63, 3.8) is 0 Å². The van der Waals surface area contributed by atoms with Crippen LogP contribution in [0.5, 0.6) is 0 Å². The summed E-state index contributed by atoms with van der Waals surface area (Å²) in [5.74, 6) is 0.198. The van der Waals surface area contributed by atoms with Crippen LogP contribution in [0, 0.1) is 0 Å². The van der Waals surface area contributed by atoms with E-state index in [1.54, 1.807) is 6.92 Å². The number of amides is 1. The Morgan fingerprint density at radius 3 is 2.19 bits per heavy atom. The van der Waals surface area contributed by atoms with Crippen molar-refractivity contribution in [1.29, 1.82) is 0 Å². The van der Waals surface area contributed by atoms with Gasteiger partial charge in [0.05, 0.1) is 16.5 Å². The molecule has 1 amide bonds. The number of carbonyl (C=O) groups is 1. The van der Waals surface area contributed by atoms with Crippen LogP contribution in [0.4, 0.5) is 24.7 Å². The Morgan fingerprint density at radius 1 is 1.10 bits per heavy atom. The average molecular weight is 457 g/mol. The minimum atomic E-state index is -4.42. The topological polar surface area (TPSA) is 109 Å². The van der Waals surface area contributed by atoms with Crippen LogP contribution in [0.25, 0.3) is 0 Å². The number of pyridine rings is 1. The lowest BCUT2D eigenvalue weighted by atomic mass is 10.2. The molecule has 1 aliphatic heterocycles. The number of primary sulfonamides is 1. The molecule has 1 saturated heterocycles. The zero-order valence-electron chi connectivity index (χ0n) is 16.6. The predicted molar refractivity (Wildman–Crippen MR) is 109 cm³/mol. The van der Waals surface area contributed by atoms with Gasteiger partial charge < -0.3 is 10.2 Å². The van der Waals surface area contributed by atoms with E-state index in [2.05, 4.69) is 10.3 Å². The molecule has 2 aromatic rings. The SMILES string of the molecule is CC(C(=O)Nc1ccc(S(N)(=O)=O)cc1)N1CCN(c2ccc(C(F)(F)F)cn2)CC1. The molecule has 12 heteroatoms. The number of rotatable bonds is 5. The summed E-state index contributed by atoms with van der Waals surface area (Å²) in [5.41, 5.74) is -0.353. The van der Waals surface area contributed by atoms with Gasteiger partial charge in [0, 0.05) is 38.1 Å². The zero-order valence-corrected chi connectivity index (χ0v) is 17.4. The van der Waals surface area contributed by atoms with Gasteiger partial charge in [-0.05, 0) is 43.3 Å². The summed E-state index contributed by atoms with van der Waals surface area (Å²) in [7, 11) is -3.81. The van der Waals surface area contributed by atoms with Crippen molar-refractivity contribution in [3.8, 4) is 0 Å². The lowest BCUT2D eigenvalue weighted by molar-refractivity contribution is -0.137. The molecule has 31 heavy (non-hydrogen) atoms. The quantitative estimate of drug-likeness (QED) is 0.710. The molecule has 3 N–H and O–H groups in total. The molecule has 1 unspecified atom stereocenters. The summed E-state index contributed by atoms with van der Waals surface area (Å²) < 4.78 is 60.6. The van der Waals surface area contributed by atoms with Gasteiger partial charge in [0.25, 0.3) is 0 Å². The molecule has 0 saturated carbocycles. The maximum atomic E-state index is 12.7. The number of anilines is 2. The van der Waals surface area contributed by atoms with Gasteiger partial charge in [-0.2, -0.15) is 13.2 Å². The van der Waals surface area contributed by atoms with Crippen molar-refractivity contribution in [2.75, 3.05) is 36.4 Å². The maximum Gasteiger partial charge on any atom is 0.417 e. The van der Waals surface area contributed by atoms with Crippen LogP contribution in [0.1, 0.15) is 12.5 Å². The highest BCUT2D eigenvalue weighted by atomic mass is 32.2. The highest BCUT2D eigenvalue weighted by Crippen LogP contribution is 2.29. The fourth-order valence-corrected chi connectivity index (χ4v) is 3.74. The first-order valence-corrected chi connectivity index (χ1v) is 11.0. The molecule has 1 aromatic heterocycles. The summed E-state index contributed by atoms with van der Waals surface area (Å²) in [6.45, 7) is 3.83. The van der Waals surface area contributed by atoms with Crippen LogP contribution < -0.4 is 15.4 Å². The molecule has 1 atom stereocenters. The number of sulfonamides is 1. The molecule has 0 bridgehead atoms. The normalized spacial score (nSPS) is 16.7. The molecule has 0 aliphatic carbocycles. The Labute approximate surface area is 177 Å². The van der Waals surface area contributed by atoms with E-state index < -0.39 is 27.8 Å². The fourth-order valence-electron chi connectivity index (χ4n) is 3.22. The molecule has 2 heterocycles. The highest BCUT2D eigenvalue weighted by molar-refractivity contribution is 7.89. The number of nitrogens with one attached hydrogen (secondary N) is 1. The standard InChI is InChI=1S/C19H22F3N5O3S/c1-13(18(28)25-15-3-5-16(6-4-15)31(23,29)30)26-8-10-27(11-9-26)17-7-2-14(12-24-17)19(20,21)22/h2-7,12-13H,8-11H2,1H3,(H,25,28)(H2,23,29,30). The van der Waals surface area contributed by atoms with Crippen LogP contribution >= 0.6 is 0 Å². The molecule has 1 aliphatic rings. The van der Waals surface area contributed by atoms with Gasteiger partial charge in [-0.25, -0.2) is 18.5 Å². The summed E-state index contributed by atoms with van der Waals surface area (Å²) in [4.78, 5) is 20.2. The second kappa shape index (κ2) is 8.81. The van der Waals surface area contributed by atoms with E-state index in [1.165, 1.54) is 30.3 Å². The number of hydrogen-bond donors (Lipinski definition) is 2. The first-order chi connectivity index (χ1) is 14.4. The van der Waals surface area contributed by atoms with Crippen molar-refractivity contribution in [3.05, 3.63) is 48.2 Å². The van der Waals surface area contributed by atoms with Gasteiger partial charge in [0.1, 0.15) is 5.82 Å². The largest absolute Gasteiger partial charge is 0.417 e. The Bertz CT molecular complexity index is 1020. The van der Waals surface area contributed by atoms with E-state index in [-0.39, 0.29) is 10.8 Å². The molecular formula is C19H22F3N5O3S. The number of aromatic nitrogens is 1. The predicted octanol–water partition coefficient (Wildman–Crippen LogP) is 1.90. The number of piperazine rings is 1. The fraction of sp³-hybridized carbons (Fsp3) is 0.368. The summed E-state index contributed by atoms with van der Waals surface area (Å²) in [6.07, 6.45) is -3.61. The van der Waals surface area contributed by atoms with Crippen LogP contribution in [0.2, 0.25) is 0 Å². The molecule has 1 aromatic carbocycles. The van der Waals surface area contributed by atoms with E-state index in [4.69, 9.17) is 5.14 Å². The Balaban J connectivity index is 1.54. The molecule has 8 nitrogen and oxygen atoms in total. The molecule has 0 radical (unpaired) electrons. The number of alkyl halides is 3. The Kier molecular flexibility index (Phi) is 6.53. The number of carbonyl (C=O) groups excluding carboxylic acids is 1. The van der Waals surface area contributed by atoms with Gasteiger partial charge in [0.15, 0.2) is 0 Å². The lowest BCUT2D eigenvalue weighted by Gasteiger charge is -2.38. The monoisotopic (exact) mass is 457 g/mol. The maximum absolute atomic E-state index is 12.7. The summed E-state index contributed by atoms with van der Waals surface area (Å²) in [5, 5.41) is 7.79. The number of nitrogens with two attached hydrogens (primary N) is 1. The first kappa shape index (κ1) is 23.0. The zero-order chi connectivity index (χ0) is 22.8. The number of nitrogens with zero attached hydrogens (tertiary/aromatic N) is 3. The van der Waals surface area contributed by atoms with E-state index >= 15 is 0 Å². The van der Waals surface area contributed by atoms with E-state index in [0.717, 1.165) is 12.3 Å². The highest BCUT2D eigenvalue weighted by Gasteiger charge is 2.31. The third-order valence-electron chi connectivity index (χ3n) is 5.09. The van der Waals surface area contributed by atoms with Gasteiger partial charge in [-0.1, -0.05) is 0 Å². The second-order valence-electron chi connectivity index (χ2n) is 7.16. The Hall–Kier alpha value is -2.70. The number of halogens is 3. The van der Waals surface area contributed by atoms with Crippen molar-refractivity contribution < 1.29 is 26.4 Å². The summed E-state index contributed by atoms with van der Waals surface area (Å²) >= 11 is 0. The van der Waals surface area contributed by atoms with Crippen molar-refractivity contribution in [1.82, 2.24) is 9.88 Å². The molecule has 168 valence electrons. The van der Waals surface area contributed by atoms with Gasteiger partial charge in [0.2, 0.25) is 15.9 Å². The minimum Gasteiger partial charge on any atom is -0.354 e. The summed E-state index contributed by atoms with van der Waals surface area (Å²) in [6, 6.07) is 7.43. The molecular weight excluding hydrogens is 435 g/mol. The molecule has 0 spiro atoms. The van der Waals surface area contributed by atoms with Crippen molar-refractivity contribution in [2.24, 2.45) is 5.14 Å². The lowest BCUT2D eigenvalue weighted by Crippen LogP contribution is -2.53. The van der Waals surface area contributed by atoms with Crippen LogP contribution in [-0.4, -0.2) is 56.4 Å². The van der Waals surface area contributed by atoms with Crippen molar-refractivity contribution >= 4 is 27.4 Å². The minimum absolute atomic E-state index is 0.0495. The van der Waals surface area contributed by atoms with E-state index in [9.17, 15) is 26.4 Å². The molecule has 1 fully saturated rings. The number of hydrogen-bond acceptors (Lipinski definition) is 6. The van der Waals surface area contributed by atoms with E-state index in [0.29, 0.717) is 37.7 Å². The van der Waals surface area contributed by atoms with E-state index in [1.807, 2.05) is 9.80 Å². The second-order valence-corrected chi connectivity index (χ2v) is 8.72. The number of benzene rings is 1. The third-order valence-corrected chi connectivity index (χ3v) is 6.02. The van der Waals surface area contributed by atoms with Crippen LogP contribution in [0.3, 0.4) is 0 Å². The Morgan fingerprint density at radius 2 is 1.71 bits per heavy atom. The third kappa shape index (κ3) is 5.71. The molecule has 3 rings (SSSR count). The first-order valence-electron chi connectivity index (χ1n) is 9.41. The van der Waals surface area contributed by atoms with Crippen LogP contribution in [-0.2, 0) is 21.0 Å². The van der Waals surface area contributed by atoms with Gasteiger partial charge in [-0.3, -0.25) is 9.69 Å².